The summed E-state index contributed by atoms with van der Waals surface area (Å²) in [6.07, 6.45) is 1.86. The van der Waals surface area contributed by atoms with Crippen LogP contribution >= 0.6 is 38.9 Å². The molecule has 19 heavy (non-hydrogen) atoms. The van der Waals surface area contributed by atoms with Gasteiger partial charge in [0.1, 0.15) is 16.8 Å². The molecule has 2 heterocycles. The van der Waals surface area contributed by atoms with Crippen LogP contribution in [-0.2, 0) is 13.0 Å². The van der Waals surface area contributed by atoms with Crippen molar-refractivity contribution < 1.29 is 0 Å². The first kappa shape index (κ1) is 14.8. The van der Waals surface area contributed by atoms with Gasteiger partial charge in [0.05, 0.1) is 6.54 Å². The number of anilines is 1. The third-order valence-electron chi connectivity index (χ3n) is 2.66. The van der Waals surface area contributed by atoms with Gasteiger partial charge in [-0.25, -0.2) is 9.97 Å². The van der Waals surface area contributed by atoms with Crippen molar-refractivity contribution in [3.8, 4) is 0 Å². The highest BCUT2D eigenvalue weighted by molar-refractivity contribution is 9.10. The van der Waals surface area contributed by atoms with Gasteiger partial charge in [0.2, 0.25) is 0 Å². The van der Waals surface area contributed by atoms with Crippen molar-refractivity contribution in [2.75, 3.05) is 5.32 Å². The molecule has 0 aliphatic carbocycles. The Balaban J connectivity index is 2.14. The average Bonchev–Trinajstić information content (AvgIpc) is 2.78. The van der Waals surface area contributed by atoms with E-state index in [1.54, 1.807) is 11.3 Å². The van der Waals surface area contributed by atoms with E-state index in [2.05, 4.69) is 49.6 Å². The van der Waals surface area contributed by atoms with E-state index in [0.29, 0.717) is 5.15 Å². The minimum absolute atomic E-state index is 0.535. The Kier molecular flexibility index (Phi) is 5.19. The molecule has 0 atom stereocenters. The molecule has 0 fully saturated rings. The molecule has 0 aliphatic rings. The molecule has 0 amide bonds. The van der Waals surface area contributed by atoms with Crippen molar-refractivity contribution in [3.05, 3.63) is 37.3 Å². The number of thiophene rings is 1. The highest BCUT2D eigenvalue weighted by atomic mass is 79.9. The number of nitrogens with zero attached hydrogens (tertiary/aromatic N) is 2. The van der Waals surface area contributed by atoms with Crippen molar-refractivity contribution in [1.29, 1.82) is 0 Å². The van der Waals surface area contributed by atoms with E-state index in [4.69, 9.17) is 11.6 Å². The topological polar surface area (TPSA) is 37.8 Å². The van der Waals surface area contributed by atoms with Crippen LogP contribution in [0.3, 0.4) is 0 Å². The SMILES string of the molecule is CCCc1nc(Cl)c(C)c(NCc2cc(Br)cs2)n1. The van der Waals surface area contributed by atoms with Gasteiger partial charge in [-0.05, 0) is 35.3 Å². The van der Waals surface area contributed by atoms with Crippen LogP contribution in [0.25, 0.3) is 0 Å². The van der Waals surface area contributed by atoms with E-state index < -0.39 is 0 Å². The maximum absolute atomic E-state index is 6.14. The molecular formula is C13H15BrClN3S. The fourth-order valence-electron chi connectivity index (χ4n) is 1.66. The smallest absolute Gasteiger partial charge is 0.137 e. The number of nitrogens with one attached hydrogen (secondary N) is 1. The van der Waals surface area contributed by atoms with Gasteiger partial charge < -0.3 is 5.32 Å². The van der Waals surface area contributed by atoms with Crippen LogP contribution < -0.4 is 5.32 Å². The third kappa shape index (κ3) is 3.91. The van der Waals surface area contributed by atoms with Gasteiger partial charge in [-0.15, -0.1) is 11.3 Å². The maximum atomic E-state index is 6.14. The number of hydrogen-bond donors (Lipinski definition) is 1. The zero-order valence-corrected chi connectivity index (χ0v) is 14.0. The van der Waals surface area contributed by atoms with Crippen LogP contribution in [-0.4, -0.2) is 9.97 Å². The number of hydrogen-bond acceptors (Lipinski definition) is 4. The van der Waals surface area contributed by atoms with Crippen LogP contribution in [0.1, 0.15) is 29.6 Å². The molecule has 0 spiro atoms. The minimum atomic E-state index is 0.535. The maximum Gasteiger partial charge on any atom is 0.137 e. The predicted octanol–water partition coefficient (Wildman–Crippen LogP) is 4.83. The van der Waals surface area contributed by atoms with Gasteiger partial charge in [-0.1, -0.05) is 18.5 Å². The lowest BCUT2D eigenvalue weighted by Gasteiger charge is -2.10. The Morgan fingerprint density at radius 3 is 2.84 bits per heavy atom. The van der Waals surface area contributed by atoms with E-state index in [1.807, 2.05) is 6.92 Å². The van der Waals surface area contributed by atoms with Gasteiger partial charge >= 0.3 is 0 Å². The van der Waals surface area contributed by atoms with E-state index in [9.17, 15) is 0 Å². The van der Waals surface area contributed by atoms with Crippen molar-refractivity contribution in [2.45, 2.75) is 33.2 Å². The molecule has 0 aliphatic heterocycles. The third-order valence-corrected chi connectivity index (χ3v) is 4.72. The molecule has 0 saturated heterocycles. The second kappa shape index (κ2) is 6.68. The molecule has 0 aromatic carbocycles. The van der Waals surface area contributed by atoms with Crippen LogP contribution in [0.15, 0.2) is 15.9 Å². The lowest BCUT2D eigenvalue weighted by Crippen LogP contribution is -2.06. The normalized spacial score (nSPS) is 10.7. The summed E-state index contributed by atoms with van der Waals surface area (Å²) in [4.78, 5) is 10.1. The Bertz CT molecular complexity index is 571. The van der Waals surface area contributed by atoms with Crippen molar-refractivity contribution >= 4 is 44.7 Å². The standard InChI is InChI=1S/C13H15BrClN3S/c1-3-4-11-17-12(15)8(2)13(18-11)16-6-10-5-9(14)7-19-10/h5,7H,3-4,6H2,1-2H3,(H,16,17,18). The highest BCUT2D eigenvalue weighted by Crippen LogP contribution is 2.23. The van der Waals surface area contributed by atoms with E-state index in [0.717, 1.165) is 41.1 Å². The average molecular weight is 361 g/mol. The summed E-state index contributed by atoms with van der Waals surface area (Å²) in [6, 6.07) is 2.10. The van der Waals surface area contributed by atoms with Crippen LogP contribution in [0.4, 0.5) is 5.82 Å². The minimum Gasteiger partial charge on any atom is -0.365 e. The molecular weight excluding hydrogens is 346 g/mol. The van der Waals surface area contributed by atoms with Gasteiger partial charge in [0, 0.05) is 26.7 Å². The van der Waals surface area contributed by atoms with Gasteiger partial charge in [0.15, 0.2) is 0 Å². The Labute approximate surface area is 130 Å². The summed E-state index contributed by atoms with van der Waals surface area (Å²) in [7, 11) is 0. The Morgan fingerprint density at radius 2 is 2.21 bits per heavy atom. The molecule has 2 aromatic heterocycles. The molecule has 2 aromatic rings. The van der Waals surface area contributed by atoms with E-state index >= 15 is 0 Å². The van der Waals surface area contributed by atoms with Gasteiger partial charge in [-0.3, -0.25) is 0 Å². The summed E-state index contributed by atoms with van der Waals surface area (Å²) < 4.78 is 1.11. The monoisotopic (exact) mass is 359 g/mol. The van der Waals surface area contributed by atoms with Crippen molar-refractivity contribution in [1.82, 2.24) is 9.97 Å². The summed E-state index contributed by atoms with van der Waals surface area (Å²) in [5.41, 5.74) is 0.900. The molecule has 0 unspecified atom stereocenters. The zero-order valence-electron chi connectivity index (χ0n) is 10.8. The molecule has 6 heteroatoms. The molecule has 0 saturated carbocycles. The molecule has 1 N–H and O–H groups in total. The van der Waals surface area contributed by atoms with Crippen molar-refractivity contribution in [2.24, 2.45) is 0 Å². The largest absolute Gasteiger partial charge is 0.365 e. The van der Waals surface area contributed by atoms with Crippen LogP contribution in [0.2, 0.25) is 5.15 Å². The summed E-state index contributed by atoms with van der Waals surface area (Å²) in [5.74, 6) is 1.63. The molecule has 2 rings (SSSR count). The second-order valence-corrected chi connectivity index (χ2v) is 6.51. The first-order valence-electron chi connectivity index (χ1n) is 6.10. The first-order valence-corrected chi connectivity index (χ1v) is 8.15. The lowest BCUT2D eigenvalue weighted by atomic mass is 10.3. The summed E-state index contributed by atoms with van der Waals surface area (Å²) in [5, 5.41) is 5.94. The first-order chi connectivity index (χ1) is 9.10. The fraction of sp³-hybridized carbons (Fsp3) is 0.385. The zero-order chi connectivity index (χ0) is 13.8. The van der Waals surface area contributed by atoms with Gasteiger partial charge in [0.25, 0.3) is 0 Å². The molecule has 102 valence electrons. The van der Waals surface area contributed by atoms with Crippen LogP contribution in [0, 0.1) is 6.92 Å². The predicted molar refractivity (Wildman–Crippen MR) is 85.1 cm³/mol. The van der Waals surface area contributed by atoms with E-state index in [1.165, 1.54) is 4.88 Å². The number of rotatable bonds is 5. The van der Waals surface area contributed by atoms with E-state index in [-0.39, 0.29) is 0 Å². The number of aromatic nitrogens is 2. The lowest BCUT2D eigenvalue weighted by molar-refractivity contribution is 0.830. The fourth-order valence-corrected chi connectivity index (χ4v) is 3.24. The molecule has 0 radical (unpaired) electrons. The second-order valence-electron chi connectivity index (χ2n) is 4.24. The molecule has 0 bridgehead atoms. The van der Waals surface area contributed by atoms with Gasteiger partial charge in [-0.2, -0.15) is 0 Å². The Hall–Kier alpha value is -0.650. The summed E-state index contributed by atoms with van der Waals surface area (Å²) >= 11 is 11.3. The summed E-state index contributed by atoms with van der Waals surface area (Å²) in [6.45, 7) is 4.79. The Morgan fingerprint density at radius 1 is 1.42 bits per heavy atom. The molecule has 3 nitrogen and oxygen atoms in total. The van der Waals surface area contributed by atoms with Crippen LogP contribution in [0.5, 0.6) is 0 Å². The quantitative estimate of drug-likeness (QED) is 0.776. The highest BCUT2D eigenvalue weighted by Gasteiger charge is 2.09. The van der Waals surface area contributed by atoms with Crippen molar-refractivity contribution in [3.63, 3.8) is 0 Å². The number of aryl methyl sites for hydroxylation is 1. The number of halogens is 2.